The minimum Gasteiger partial charge on any atom is -0.493 e. The third-order valence-corrected chi connectivity index (χ3v) is 4.61. The lowest BCUT2D eigenvalue weighted by atomic mass is 10.0. The number of likely N-dealkylation sites (N-methyl/N-ethyl adjacent to an activating group) is 2. The SMILES string of the molecule is CNCCN(C)Cc1n[nH]cc1-c1cc(C(F)(F)F)c(OCCCOC)cc1Cl. The minimum atomic E-state index is -4.58. The Morgan fingerprint density at radius 2 is 2.00 bits per heavy atom. The summed E-state index contributed by atoms with van der Waals surface area (Å²) in [7, 11) is 5.28. The Morgan fingerprint density at radius 3 is 2.66 bits per heavy atom. The molecule has 0 fully saturated rings. The first-order valence-electron chi connectivity index (χ1n) is 9.16. The second kappa shape index (κ2) is 10.8. The Bertz CT molecular complexity index is 783. The zero-order valence-corrected chi connectivity index (χ0v) is 17.5. The highest BCUT2D eigenvalue weighted by Gasteiger charge is 2.36. The van der Waals surface area contributed by atoms with Gasteiger partial charge in [-0.1, -0.05) is 11.6 Å². The smallest absolute Gasteiger partial charge is 0.419 e. The molecule has 1 heterocycles. The van der Waals surface area contributed by atoms with E-state index in [9.17, 15) is 13.2 Å². The first-order valence-corrected chi connectivity index (χ1v) is 9.54. The van der Waals surface area contributed by atoms with Crippen molar-refractivity contribution in [3.8, 4) is 16.9 Å². The lowest BCUT2D eigenvalue weighted by Gasteiger charge is -2.18. The van der Waals surface area contributed by atoms with Crippen LogP contribution in [0.5, 0.6) is 5.75 Å². The quantitative estimate of drug-likeness (QED) is 0.526. The number of methoxy groups -OCH3 is 1. The van der Waals surface area contributed by atoms with E-state index in [0.717, 1.165) is 19.2 Å². The van der Waals surface area contributed by atoms with Crippen molar-refractivity contribution in [1.29, 1.82) is 0 Å². The molecule has 1 aromatic carbocycles. The molecule has 0 atom stereocenters. The van der Waals surface area contributed by atoms with Crippen LogP contribution in [0.25, 0.3) is 11.1 Å². The number of aromatic nitrogens is 2. The van der Waals surface area contributed by atoms with E-state index in [-0.39, 0.29) is 22.9 Å². The highest BCUT2D eigenvalue weighted by atomic mass is 35.5. The summed E-state index contributed by atoms with van der Waals surface area (Å²) in [4.78, 5) is 2.02. The van der Waals surface area contributed by atoms with E-state index in [1.54, 1.807) is 6.20 Å². The van der Waals surface area contributed by atoms with Crippen molar-refractivity contribution in [2.45, 2.75) is 19.1 Å². The molecule has 0 bridgehead atoms. The summed E-state index contributed by atoms with van der Waals surface area (Å²) in [5.41, 5.74) is 0.536. The van der Waals surface area contributed by atoms with E-state index in [2.05, 4.69) is 15.5 Å². The van der Waals surface area contributed by atoms with Gasteiger partial charge in [0.05, 0.1) is 22.9 Å². The summed E-state index contributed by atoms with van der Waals surface area (Å²) in [5.74, 6) is -0.293. The molecule has 0 spiro atoms. The molecule has 162 valence electrons. The van der Waals surface area contributed by atoms with Gasteiger partial charge < -0.3 is 14.8 Å². The van der Waals surface area contributed by atoms with E-state index in [1.807, 2.05) is 19.0 Å². The van der Waals surface area contributed by atoms with Crippen molar-refractivity contribution < 1.29 is 22.6 Å². The molecule has 6 nitrogen and oxygen atoms in total. The molecule has 0 saturated heterocycles. The molecule has 0 aliphatic heterocycles. The van der Waals surface area contributed by atoms with Gasteiger partial charge in [0.25, 0.3) is 0 Å². The number of H-pyrrole nitrogens is 1. The van der Waals surface area contributed by atoms with Crippen LogP contribution in [0.1, 0.15) is 17.7 Å². The molecule has 2 N–H and O–H groups in total. The number of rotatable bonds is 11. The first kappa shape index (κ1) is 23.5. The van der Waals surface area contributed by atoms with Crippen LogP contribution in [-0.4, -0.2) is 62.6 Å². The second-order valence-electron chi connectivity index (χ2n) is 6.61. The summed E-state index contributed by atoms with van der Waals surface area (Å²) < 4.78 is 51.1. The molecule has 0 amide bonds. The summed E-state index contributed by atoms with van der Waals surface area (Å²) in [6, 6.07) is 2.24. The largest absolute Gasteiger partial charge is 0.493 e. The number of nitrogens with zero attached hydrogens (tertiary/aromatic N) is 2. The van der Waals surface area contributed by atoms with Gasteiger partial charge >= 0.3 is 6.18 Å². The number of hydrogen-bond donors (Lipinski definition) is 2. The van der Waals surface area contributed by atoms with Gasteiger partial charge in [-0.25, -0.2) is 0 Å². The highest BCUT2D eigenvalue weighted by Crippen LogP contribution is 2.42. The van der Waals surface area contributed by atoms with Crippen LogP contribution in [0.2, 0.25) is 5.02 Å². The predicted molar refractivity (Wildman–Crippen MR) is 106 cm³/mol. The van der Waals surface area contributed by atoms with Crippen LogP contribution >= 0.6 is 11.6 Å². The number of halogens is 4. The average Bonchev–Trinajstić information content (AvgIpc) is 3.10. The number of hydrogen-bond acceptors (Lipinski definition) is 5. The molecule has 10 heteroatoms. The monoisotopic (exact) mass is 434 g/mol. The maximum atomic E-state index is 13.6. The van der Waals surface area contributed by atoms with Crippen LogP contribution in [0.3, 0.4) is 0 Å². The molecule has 0 aliphatic carbocycles. The van der Waals surface area contributed by atoms with Crippen molar-refractivity contribution >= 4 is 11.6 Å². The topological polar surface area (TPSA) is 62.4 Å². The van der Waals surface area contributed by atoms with Crippen LogP contribution in [-0.2, 0) is 17.5 Å². The molecule has 0 radical (unpaired) electrons. The summed E-state index contributed by atoms with van der Waals surface area (Å²) >= 11 is 6.34. The van der Waals surface area contributed by atoms with Gasteiger partial charge in [-0.3, -0.25) is 10.00 Å². The van der Waals surface area contributed by atoms with Crippen LogP contribution in [0, 0.1) is 0 Å². The molecule has 2 rings (SSSR count). The zero-order chi connectivity index (χ0) is 21.4. The van der Waals surface area contributed by atoms with Crippen LogP contribution in [0.4, 0.5) is 13.2 Å². The summed E-state index contributed by atoms with van der Waals surface area (Å²) in [5, 5.41) is 10.1. The van der Waals surface area contributed by atoms with Crippen molar-refractivity contribution in [3.05, 3.63) is 34.6 Å². The second-order valence-corrected chi connectivity index (χ2v) is 7.01. The number of nitrogens with one attached hydrogen (secondary N) is 2. The zero-order valence-electron chi connectivity index (χ0n) is 16.7. The van der Waals surface area contributed by atoms with Crippen molar-refractivity contribution in [3.63, 3.8) is 0 Å². The Morgan fingerprint density at radius 1 is 1.24 bits per heavy atom. The van der Waals surface area contributed by atoms with E-state index in [0.29, 0.717) is 30.8 Å². The van der Waals surface area contributed by atoms with Crippen molar-refractivity contribution in [2.24, 2.45) is 0 Å². The number of ether oxygens (including phenoxy) is 2. The maximum absolute atomic E-state index is 13.6. The Labute approximate surface area is 173 Å². The number of aromatic amines is 1. The number of benzene rings is 1. The lowest BCUT2D eigenvalue weighted by Crippen LogP contribution is -2.27. The molecular formula is C19H26ClF3N4O2. The summed E-state index contributed by atoms with van der Waals surface area (Å²) in [6.07, 6.45) is -2.55. The first-order chi connectivity index (χ1) is 13.8. The van der Waals surface area contributed by atoms with Gasteiger partial charge in [0.15, 0.2) is 0 Å². The fraction of sp³-hybridized carbons (Fsp3) is 0.526. The Hall–Kier alpha value is -1.81. The van der Waals surface area contributed by atoms with Gasteiger partial charge in [-0.15, -0.1) is 0 Å². The van der Waals surface area contributed by atoms with Gasteiger partial charge in [-0.2, -0.15) is 18.3 Å². The van der Waals surface area contributed by atoms with E-state index >= 15 is 0 Å². The molecule has 0 aliphatic rings. The normalized spacial score (nSPS) is 12.0. The average molecular weight is 435 g/mol. The van der Waals surface area contributed by atoms with Gasteiger partial charge in [0, 0.05) is 63.2 Å². The van der Waals surface area contributed by atoms with Crippen molar-refractivity contribution in [2.75, 3.05) is 47.5 Å². The molecule has 0 unspecified atom stereocenters. The molecule has 0 saturated carbocycles. The maximum Gasteiger partial charge on any atom is 0.419 e. The van der Waals surface area contributed by atoms with E-state index < -0.39 is 11.7 Å². The Balaban J connectivity index is 2.33. The third-order valence-electron chi connectivity index (χ3n) is 4.30. The molecule has 2 aromatic rings. The summed E-state index contributed by atoms with van der Waals surface area (Å²) in [6.45, 7) is 2.50. The Kier molecular flexibility index (Phi) is 8.76. The number of alkyl halides is 3. The lowest BCUT2D eigenvalue weighted by molar-refractivity contribution is -0.138. The van der Waals surface area contributed by atoms with E-state index in [4.69, 9.17) is 21.1 Å². The van der Waals surface area contributed by atoms with Crippen LogP contribution in [0.15, 0.2) is 18.3 Å². The third kappa shape index (κ3) is 6.60. The van der Waals surface area contributed by atoms with Crippen molar-refractivity contribution in [1.82, 2.24) is 20.4 Å². The fourth-order valence-electron chi connectivity index (χ4n) is 2.80. The highest BCUT2D eigenvalue weighted by molar-refractivity contribution is 6.33. The molecule has 1 aromatic heterocycles. The fourth-order valence-corrected chi connectivity index (χ4v) is 3.05. The van der Waals surface area contributed by atoms with Gasteiger partial charge in [-0.05, 0) is 20.2 Å². The standard InChI is InChI=1S/C19H26ClF3N4O2/c1-24-5-6-27(2)12-17-14(11-25-26-17)13-9-15(19(21,22)23)18(10-16(13)20)29-8-4-7-28-3/h9-11,24H,4-8,12H2,1-3H3,(H,25,26). The minimum absolute atomic E-state index is 0.0970. The molecule has 29 heavy (non-hydrogen) atoms. The van der Waals surface area contributed by atoms with Gasteiger partial charge in [0.1, 0.15) is 5.75 Å². The predicted octanol–water partition coefficient (Wildman–Crippen LogP) is 3.82. The van der Waals surface area contributed by atoms with Gasteiger partial charge in [0.2, 0.25) is 0 Å². The van der Waals surface area contributed by atoms with E-state index in [1.165, 1.54) is 13.2 Å². The van der Waals surface area contributed by atoms with Crippen LogP contribution < -0.4 is 10.1 Å². The molecular weight excluding hydrogens is 409 g/mol.